The molecule has 0 saturated carbocycles. The third-order valence-electron chi connectivity index (χ3n) is 3.24. The number of primary amides is 1. The van der Waals surface area contributed by atoms with Crippen LogP contribution in [0, 0.1) is 0 Å². The van der Waals surface area contributed by atoms with Crippen molar-refractivity contribution < 1.29 is 19.1 Å². The number of carbonyl (C=O) groups excluding carboxylic acids is 2. The minimum Gasteiger partial charge on any atom is -0.495 e. The van der Waals surface area contributed by atoms with Crippen LogP contribution in [0.1, 0.15) is 17.3 Å². The quantitative estimate of drug-likeness (QED) is 0.839. The normalized spacial score (nSPS) is 11.5. The van der Waals surface area contributed by atoms with E-state index in [-0.39, 0.29) is 11.3 Å². The Labute approximate surface area is 144 Å². The van der Waals surface area contributed by atoms with Crippen molar-refractivity contribution in [2.24, 2.45) is 5.73 Å². The van der Waals surface area contributed by atoms with Gasteiger partial charge in [-0.15, -0.1) is 0 Å². The number of anilines is 1. The zero-order valence-electron chi connectivity index (χ0n) is 13.2. The number of nitrogens with two attached hydrogens (primary N) is 1. The van der Waals surface area contributed by atoms with Gasteiger partial charge in [-0.2, -0.15) is 0 Å². The van der Waals surface area contributed by atoms with Gasteiger partial charge in [-0.05, 0) is 37.3 Å². The van der Waals surface area contributed by atoms with E-state index >= 15 is 0 Å². The van der Waals surface area contributed by atoms with Crippen molar-refractivity contribution >= 4 is 29.1 Å². The van der Waals surface area contributed by atoms with E-state index in [0.717, 1.165) is 0 Å². The minimum atomic E-state index is -0.866. The lowest BCUT2D eigenvalue weighted by Gasteiger charge is -2.17. The molecule has 0 saturated heterocycles. The molecule has 2 rings (SSSR count). The van der Waals surface area contributed by atoms with Crippen molar-refractivity contribution in [2.75, 3.05) is 12.4 Å². The molecular formula is C17H17ClN2O4. The first-order valence-corrected chi connectivity index (χ1v) is 7.50. The largest absolute Gasteiger partial charge is 0.495 e. The lowest BCUT2D eigenvalue weighted by molar-refractivity contribution is -0.122. The molecule has 1 atom stereocenters. The first-order chi connectivity index (χ1) is 11.4. The van der Waals surface area contributed by atoms with Gasteiger partial charge in [0.2, 0.25) is 0 Å². The Kier molecular flexibility index (Phi) is 5.65. The average Bonchev–Trinajstić information content (AvgIpc) is 2.55. The molecule has 2 aromatic carbocycles. The van der Waals surface area contributed by atoms with E-state index < -0.39 is 17.9 Å². The summed E-state index contributed by atoms with van der Waals surface area (Å²) in [4.78, 5) is 23.7. The summed E-state index contributed by atoms with van der Waals surface area (Å²) < 4.78 is 10.7. The summed E-state index contributed by atoms with van der Waals surface area (Å²) in [5.74, 6) is -0.340. The standard InChI is InChI=1S/C17H17ClN2O4/c1-10(24-14-6-4-3-5-12(14)16(19)21)17(22)20-13-9-11(18)7-8-15(13)23-2/h3-10H,1-2H3,(H2,19,21)(H,20,22)/t10-/m1/s1. The number of halogens is 1. The summed E-state index contributed by atoms with van der Waals surface area (Å²) in [6, 6.07) is 11.3. The molecule has 0 unspecified atom stereocenters. The van der Waals surface area contributed by atoms with E-state index in [4.69, 9.17) is 26.8 Å². The first kappa shape index (κ1) is 17.6. The molecule has 7 heteroatoms. The van der Waals surface area contributed by atoms with Crippen LogP contribution in [0.15, 0.2) is 42.5 Å². The summed E-state index contributed by atoms with van der Waals surface area (Å²) >= 11 is 5.93. The number of rotatable bonds is 6. The maximum Gasteiger partial charge on any atom is 0.265 e. The van der Waals surface area contributed by atoms with Crippen molar-refractivity contribution in [2.45, 2.75) is 13.0 Å². The smallest absolute Gasteiger partial charge is 0.265 e. The summed E-state index contributed by atoms with van der Waals surface area (Å²) in [5.41, 5.74) is 5.92. The van der Waals surface area contributed by atoms with Gasteiger partial charge in [0.15, 0.2) is 6.10 Å². The SMILES string of the molecule is COc1ccc(Cl)cc1NC(=O)[C@@H](C)Oc1ccccc1C(N)=O. The molecule has 6 nitrogen and oxygen atoms in total. The van der Waals surface area contributed by atoms with Crippen LogP contribution in [-0.2, 0) is 4.79 Å². The molecule has 3 N–H and O–H groups in total. The van der Waals surface area contributed by atoms with Crippen LogP contribution in [0.25, 0.3) is 0 Å². The lowest BCUT2D eigenvalue weighted by atomic mass is 10.2. The highest BCUT2D eigenvalue weighted by Crippen LogP contribution is 2.28. The molecule has 0 heterocycles. The predicted octanol–water partition coefficient (Wildman–Crippen LogP) is 2.85. The predicted molar refractivity (Wildman–Crippen MR) is 91.7 cm³/mol. The highest BCUT2D eigenvalue weighted by molar-refractivity contribution is 6.31. The summed E-state index contributed by atoms with van der Waals surface area (Å²) in [6.45, 7) is 1.56. The maximum absolute atomic E-state index is 12.3. The van der Waals surface area contributed by atoms with Gasteiger partial charge in [0.25, 0.3) is 11.8 Å². The zero-order chi connectivity index (χ0) is 17.7. The van der Waals surface area contributed by atoms with Crippen LogP contribution in [0.2, 0.25) is 5.02 Å². The topological polar surface area (TPSA) is 90.7 Å². The molecule has 2 amide bonds. The number of hydrogen-bond acceptors (Lipinski definition) is 4. The second-order valence-electron chi connectivity index (χ2n) is 4.95. The van der Waals surface area contributed by atoms with Crippen LogP contribution >= 0.6 is 11.6 Å². The van der Waals surface area contributed by atoms with Gasteiger partial charge < -0.3 is 20.5 Å². The molecular weight excluding hydrogens is 332 g/mol. The number of methoxy groups -OCH3 is 1. The molecule has 0 spiro atoms. The second-order valence-corrected chi connectivity index (χ2v) is 5.39. The van der Waals surface area contributed by atoms with E-state index in [2.05, 4.69) is 5.32 Å². The van der Waals surface area contributed by atoms with E-state index in [1.807, 2.05) is 0 Å². The third kappa shape index (κ3) is 4.17. The number of para-hydroxylation sites is 1. The van der Waals surface area contributed by atoms with E-state index in [9.17, 15) is 9.59 Å². The summed E-state index contributed by atoms with van der Waals surface area (Å²) in [5, 5.41) is 3.14. The molecule has 126 valence electrons. The number of ether oxygens (including phenoxy) is 2. The summed E-state index contributed by atoms with van der Waals surface area (Å²) in [6.07, 6.45) is -0.866. The van der Waals surface area contributed by atoms with Gasteiger partial charge in [0.1, 0.15) is 11.5 Å². The average molecular weight is 349 g/mol. The van der Waals surface area contributed by atoms with Gasteiger partial charge in [-0.3, -0.25) is 9.59 Å². The highest BCUT2D eigenvalue weighted by atomic mass is 35.5. The third-order valence-corrected chi connectivity index (χ3v) is 3.48. The Balaban J connectivity index is 2.14. The van der Waals surface area contributed by atoms with E-state index in [1.165, 1.54) is 13.2 Å². The van der Waals surface area contributed by atoms with Crippen molar-refractivity contribution in [3.05, 3.63) is 53.1 Å². The van der Waals surface area contributed by atoms with Crippen LogP contribution in [0.3, 0.4) is 0 Å². The van der Waals surface area contributed by atoms with Gasteiger partial charge in [-0.1, -0.05) is 23.7 Å². The number of hydrogen-bond donors (Lipinski definition) is 2. The first-order valence-electron chi connectivity index (χ1n) is 7.12. The maximum atomic E-state index is 12.3. The van der Waals surface area contributed by atoms with Crippen molar-refractivity contribution in [3.63, 3.8) is 0 Å². The Morgan fingerprint density at radius 3 is 2.54 bits per heavy atom. The van der Waals surface area contributed by atoms with Gasteiger partial charge in [0.05, 0.1) is 18.4 Å². The van der Waals surface area contributed by atoms with Gasteiger partial charge >= 0.3 is 0 Å². The Morgan fingerprint density at radius 1 is 1.17 bits per heavy atom. The van der Waals surface area contributed by atoms with Crippen LogP contribution < -0.4 is 20.5 Å². The molecule has 0 radical (unpaired) electrons. The number of nitrogens with one attached hydrogen (secondary N) is 1. The van der Waals surface area contributed by atoms with Gasteiger partial charge in [-0.25, -0.2) is 0 Å². The summed E-state index contributed by atoms with van der Waals surface area (Å²) in [7, 11) is 1.49. The number of benzene rings is 2. The van der Waals surface area contributed by atoms with E-state index in [1.54, 1.807) is 43.3 Å². The van der Waals surface area contributed by atoms with Crippen molar-refractivity contribution in [1.29, 1.82) is 0 Å². The molecule has 0 aromatic heterocycles. The molecule has 0 aliphatic rings. The fraction of sp³-hybridized carbons (Fsp3) is 0.176. The molecule has 0 bridgehead atoms. The van der Waals surface area contributed by atoms with Crippen molar-refractivity contribution in [3.8, 4) is 11.5 Å². The monoisotopic (exact) mass is 348 g/mol. The minimum absolute atomic E-state index is 0.206. The highest BCUT2D eigenvalue weighted by Gasteiger charge is 2.19. The molecule has 2 aromatic rings. The Bertz CT molecular complexity index is 764. The molecule has 0 aliphatic heterocycles. The van der Waals surface area contributed by atoms with Gasteiger partial charge in [0, 0.05) is 5.02 Å². The number of amides is 2. The second kappa shape index (κ2) is 7.70. The fourth-order valence-corrected chi connectivity index (χ4v) is 2.20. The number of carbonyl (C=O) groups is 2. The van der Waals surface area contributed by atoms with E-state index in [0.29, 0.717) is 16.5 Å². The van der Waals surface area contributed by atoms with Crippen LogP contribution in [0.5, 0.6) is 11.5 Å². The Morgan fingerprint density at radius 2 is 1.88 bits per heavy atom. The Hall–Kier alpha value is -2.73. The molecule has 0 fully saturated rings. The fourth-order valence-electron chi connectivity index (χ4n) is 2.03. The van der Waals surface area contributed by atoms with Crippen LogP contribution in [0.4, 0.5) is 5.69 Å². The lowest BCUT2D eigenvalue weighted by Crippen LogP contribution is -2.31. The van der Waals surface area contributed by atoms with Crippen molar-refractivity contribution in [1.82, 2.24) is 0 Å². The zero-order valence-corrected chi connectivity index (χ0v) is 14.0. The molecule has 0 aliphatic carbocycles. The van der Waals surface area contributed by atoms with Crippen LogP contribution in [-0.4, -0.2) is 25.0 Å². The molecule has 24 heavy (non-hydrogen) atoms.